The van der Waals surface area contributed by atoms with Crippen LogP contribution in [0.25, 0.3) is 0 Å². The van der Waals surface area contributed by atoms with Gasteiger partial charge in [-0.25, -0.2) is 0 Å². The number of carbonyl (C=O) groups is 1. The van der Waals surface area contributed by atoms with Gasteiger partial charge in [0.15, 0.2) is 11.5 Å². The molecule has 5 heteroatoms. The highest BCUT2D eigenvalue weighted by Crippen LogP contribution is 2.32. The summed E-state index contributed by atoms with van der Waals surface area (Å²) in [6.07, 6.45) is 1.74. The molecule has 0 spiro atoms. The van der Waals surface area contributed by atoms with Crippen LogP contribution < -0.4 is 19.7 Å². The molecule has 0 radical (unpaired) electrons. The Hall–Kier alpha value is -2.69. The number of benzene rings is 2. The molecule has 2 aromatic carbocycles. The Balaban J connectivity index is 1.49. The van der Waals surface area contributed by atoms with Gasteiger partial charge in [0.05, 0.1) is 11.4 Å². The summed E-state index contributed by atoms with van der Waals surface area (Å²) in [7, 11) is 0. The molecule has 0 saturated carbocycles. The van der Waals surface area contributed by atoms with E-state index < -0.39 is 6.10 Å². The molecule has 4 rings (SSSR count). The fourth-order valence-electron chi connectivity index (χ4n) is 3.18. The third kappa shape index (κ3) is 2.89. The predicted molar refractivity (Wildman–Crippen MR) is 92.9 cm³/mol. The topological polar surface area (TPSA) is 50.8 Å². The number of carbonyl (C=O) groups excluding carboxylic acids is 1. The van der Waals surface area contributed by atoms with Crippen LogP contribution in [0.1, 0.15) is 12.8 Å². The van der Waals surface area contributed by atoms with Gasteiger partial charge >= 0.3 is 0 Å². The second-order valence-corrected chi connectivity index (χ2v) is 6.06. The Morgan fingerprint density at radius 1 is 1.00 bits per heavy atom. The Kier molecular flexibility index (Phi) is 3.99. The average molecular weight is 324 g/mol. The molecule has 5 nitrogen and oxygen atoms in total. The lowest BCUT2D eigenvalue weighted by atomic mass is 10.2. The summed E-state index contributed by atoms with van der Waals surface area (Å²) in [6, 6.07) is 15.3. The maximum Gasteiger partial charge on any atom is 0.269 e. The van der Waals surface area contributed by atoms with E-state index >= 15 is 0 Å². The Morgan fingerprint density at radius 2 is 1.71 bits per heavy atom. The van der Waals surface area contributed by atoms with Gasteiger partial charge in [-0.05, 0) is 37.1 Å². The first-order valence-corrected chi connectivity index (χ1v) is 8.34. The first-order valence-electron chi connectivity index (χ1n) is 8.34. The van der Waals surface area contributed by atoms with Gasteiger partial charge in [0.25, 0.3) is 5.91 Å². The molecule has 0 bridgehead atoms. The molecule has 124 valence electrons. The van der Waals surface area contributed by atoms with Crippen LogP contribution in [-0.4, -0.2) is 31.7 Å². The molecule has 1 saturated heterocycles. The summed E-state index contributed by atoms with van der Waals surface area (Å²) in [4.78, 5) is 14.9. The van der Waals surface area contributed by atoms with Crippen LogP contribution in [0.15, 0.2) is 48.5 Å². The highest BCUT2D eigenvalue weighted by Gasteiger charge is 2.28. The van der Waals surface area contributed by atoms with Crippen molar-refractivity contribution in [3.63, 3.8) is 0 Å². The maximum atomic E-state index is 12.6. The number of amides is 1. The van der Waals surface area contributed by atoms with Crippen LogP contribution in [-0.2, 0) is 4.79 Å². The van der Waals surface area contributed by atoms with Crippen LogP contribution in [0.2, 0.25) is 0 Å². The Morgan fingerprint density at radius 3 is 2.54 bits per heavy atom. The fraction of sp³-hybridized carbons (Fsp3) is 0.316. The van der Waals surface area contributed by atoms with E-state index in [0.29, 0.717) is 11.5 Å². The number of para-hydroxylation sites is 4. The number of ether oxygens (including phenoxy) is 2. The smallest absolute Gasteiger partial charge is 0.269 e. The normalized spacial score (nSPS) is 19.2. The minimum atomic E-state index is -0.647. The molecule has 1 N–H and O–H groups in total. The van der Waals surface area contributed by atoms with Gasteiger partial charge < -0.3 is 19.7 Å². The second-order valence-electron chi connectivity index (χ2n) is 6.06. The maximum absolute atomic E-state index is 12.6. The molecular formula is C19H20N2O3. The number of hydrogen-bond acceptors (Lipinski definition) is 4. The van der Waals surface area contributed by atoms with E-state index in [1.54, 1.807) is 0 Å². The summed E-state index contributed by atoms with van der Waals surface area (Å²) in [5.41, 5.74) is 1.90. The van der Waals surface area contributed by atoms with Crippen molar-refractivity contribution in [3.05, 3.63) is 48.5 Å². The third-order valence-electron chi connectivity index (χ3n) is 4.41. The van der Waals surface area contributed by atoms with Crippen molar-refractivity contribution in [2.75, 3.05) is 29.9 Å². The summed E-state index contributed by atoms with van der Waals surface area (Å²) in [5.74, 6) is 1.10. The van der Waals surface area contributed by atoms with Crippen molar-refractivity contribution in [2.45, 2.75) is 18.9 Å². The van der Waals surface area contributed by atoms with Gasteiger partial charge in [-0.2, -0.15) is 0 Å². The lowest BCUT2D eigenvalue weighted by Crippen LogP contribution is -2.40. The van der Waals surface area contributed by atoms with Gasteiger partial charge in [-0.3, -0.25) is 4.79 Å². The number of rotatable bonds is 3. The Labute approximate surface area is 141 Å². The summed E-state index contributed by atoms with van der Waals surface area (Å²) in [5, 5.41) is 3.00. The first-order chi connectivity index (χ1) is 11.8. The summed E-state index contributed by atoms with van der Waals surface area (Å²) >= 11 is 0. The lowest BCUT2D eigenvalue weighted by Gasteiger charge is -2.27. The van der Waals surface area contributed by atoms with Crippen LogP contribution in [0.3, 0.4) is 0 Å². The number of hydrogen-bond donors (Lipinski definition) is 1. The molecule has 0 aliphatic carbocycles. The van der Waals surface area contributed by atoms with Crippen molar-refractivity contribution >= 4 is 17.3 Å². The van der Waals surface area contributed by atoms with E-state index in [0.717, 1.165) is 24.5 Å². The minimum absolute atomic E-state index is 0.184. The van der Waals surface area contributed by atoms with E-state index in [1.807, 2.05) is 42.5 Å². The van der Waals surface area contributed by atoms with Crippen LogP contribution in [0.4, 0.5) is 11.4 Å². The van der Waals surface area contributed by atoms with Crippen LogP contribution in [0.5, 0.6) is 11.5 Å². The lowest BCUT2D eigenvalue weighted by molar-refractivity contribution is -0.125. The van der Waals surface area contributed by atoms with Crippen molar-refractivity contribution in [1.29, 1.82) is 0 Å². The van der Waals surface area contributed by atoms with E-state index in [2.05, 4.69) is 16.3 Å². The standard InChI is InChI=1S/C19H20N2O3/c22-19(18-13-23-16-9-3-4-10-17(16)24-18)20-14-7-1-2-8-15(14)21-11-5-6-12-21/h1-4,7-10,18H,5-6,11-13H2,(H,20,22)/t18-/m0/s1. The van der Waals surface area contributed by atoms with Gasteiger partial charge in [0, 0.05) is 13.1 Å². The molecule has 1 fully saturated rings. The molecular weight excluding hydrogens is 304 g/mol. The molecule has 2 aliphatic rings. The van der Waals surface area contributed by atoms with Crippen LogP contribution in [0, 0.1) is 0 Å². The number of anilines is 2. The summed E-state index contributed by atoms with van der Waals surface area (Å²) < 4.78 is 11.4. The predicted octanol–water partition coefficient (Wildman–Crippen LogP) is 3.07. The molecule has 2 aromatic rings. The van der Waals surface area contributed by atoms with Crippen molar-refractivity contribution in [2.24, 2.45) is 0 Å². The zero-order valence-electron chi connectivity index (χ0n) is 13.4. The van der Waals surface area contributed by atoms with E-state index in [4.69, 9.17) is 9.47 Å². The van der Waals surface area contributed by atoms with Crippen LogP contribution >= 0.6 is 0 Å². The van der Waals surface area contributed by atoms with Gasteiger partial charge in [0.1, 0.15) is 6.61 Å². The first kappa shape index (κ1) is 14.9. The monoisotopic (exact) mass is 324 g/mol. The molecule has 0 aromatic heterocycles. The largest absolute Gasteiger partial charge is 0.485 e. The number of nitrogens with zero attached hydrogens (tertiary/aromatic N) is 1. The summed E-state index contributed by atoms with van der Waals surface area (Å²) in [6.45, 7) is 2.28. The van der Waals surface area contributed by atoms with Crippen molar-refractivity contribution in [1.82, 2.24) is 0 Å². The second kappa shape index (κ2) is 6.43. The Bertz CT molecular complexity index is 741. The van der Waals surface area contributed by atoms with E-state index in [1.165, 1.54) is 12.8 Å². The molecule has 1 atom stereocenters. The number of nitrogens with one attached hydrogen (secondary N) is 1. The van der Waals surface area contributed by atoms with E-state index in [-0.39, 0.29) is 12.5 Å². The highest BCUT2D eigenvalue weighted by atomic mass is 16.6. The SMILES string of the molecule is O=C(Nc1ccccc1N1CCCC1)[C@@H]1COc2ccccc2O1. The van der Waals surface area contributed by atoms with Gasteiger partial charge in [-0.1, -0.05) is 24.3 Å². The van der Waals surface area contributed by atoms with E-state index in [9.17, 15) is 4.79 Å². The third-order valence-corrected chi connectivity index (χ3v) is 4.41. The van der Waals surface area contributed by atoms with Crippen molar-refractivity contribution in [3.8, 4) is 11.5 Å². The zero-order valence-corrected chi connectivity index (χ0v) is 13.4. The van der Waals surface area contributed by atoms with Gasteiger partial charge in [0.2, 0.25) is 6.10 Å². The molecule has 0 unspecified atom stereocenters. The average Bonchev–Trinajstić information content (AvgIpc) is 3.16. The highest BCUT2D eigenvalue weighted by molar-refractivity contribution is 5.97. The minimum Gasteiger partial charge on any atom is -0.485 e. The number of fused-ring (bicyclic) bond motifs is 1. The fourth-order valence-corrected chi connectivity index (χ4v) is 3.18. The zero-order chi connectivity index (χ0) is 16.4. The molecule has 1 amide bonds. The molecule has 2 aliphatic heterocycles. The quantitative estimate of drug-likeness (QED) is 0.943. The molecule has 24 heavy (non-hydrogen) atoms. The molecule has 2 heterocycles. The van der Waals surface area contributed by atoms with Crippen molar-refractivity contribution < 1.29 is 14.3 Å². The van der Waals surface area contributed by atoms with Gasteiger partial charge in [-0.15, -0.1) is 0 Å².